The van der Waals surface area contributed by atoms with Crippen LogP contribution in [-0.2, 0) is 0 Å². The zero-order chi connectivity index (χ0) is 10.2. The molecule has 0 rings (SSSR count). The predicted molar refractivity (Wildman–Crippen MR) is 24.2 cm³/mol. The second-order valence-electron chi connectivity index (χ2n) is 1.75. The average molecular weight is 197 g/mol. The Kier molecular flexibility index (Phi) is 2.73. The number of nitrogens with zero attached hydrogens (tertiary/aromatic N) is 1. The third-order valence-corrected chi connectivity index (χ3v) is 0.918. The zero-order valence-corrected chi connectivity index (χ0v) is 5.30. The van der Waals surface area contributed by atoms with E-state index < -0.39 is 23.1 Å². The summed E-state index contributed by atoms with van der Waals surface area (Å²) in [5.41, 5.74) is -2.81. The highest BCUT2D eigenvalue weighted by molar-refractivity contribution is 5.11. The Morgan fingerprint density at radius 3 is 1.42 bits per heavy atom. The van der Waals surface area contributed by atoms with Gasteiger partial charge in [-0.15, -0.1) is 0 Å². The van der Waals surface area contributed by atoms with Crippen molar-refractivity contribution in [1.29, 1.82) is 0 Å². The maximum absolute atomic E-state index is 11.8. The van der Waals surface area contributed by atoms with Crippen molar-refractivity contribution in [2.24, 2.45) is 0 Å². The predicted octanol–water partition coefficient (Wildman–Crippen LogP) is 2.77. The van der Waals surface area contributed by atoms with Gasteiger partial charge in [-0.05, 0) is 0 Å². The van der Waals surface area contributed by atoms with Gasteiger partial charge in [0.25, 0.3) is 0 Å². The van der Waals surface area contributed by atoms with Crippen LogP contribution in [0.1, 0.15) is 0 Å². The first-order chi connectivity index (χ1) is 5.10. The molecule has 0 spiro atoms. The summed E-state index contributed by atoms with van der Waals surface area (Å²) < 4.78 is 79.9. The van der Waals surface area contributed by atoms with E-state index in [4.69, 9.17) is 0 Å². The first-order valence-corrected chi connectivity index (χ1v) is 2.36. The molecule has 0 N–H and O–H groups in total. The van der Waals surface area contributed by atoms with E-state index in [1.54, 1.807) is 0 Å². The number of hydrogen-bond acceptors (Lipinski definition) is 1. The highest BCUT2D eigenvalue weighted by Gasteiger charge is 2.54. The van der Waals surface area contributed by atoms with Crippen LogP contribution >= 0.6 is 0 Å². The molecule has 0 bridgehead atoms. The number of hydrogen-bond donors (Lipinski definition) is 0. The molecule has 0 atom stereocenters. The van der Waals surface area contributed by atoms with Gasteiger partial charge in [0.05, 0.1) is 5.34 Å². The monoisotopic (exact) mass is 197 g/mol. The molecule has 0 saturated carbocycles. The third-order valence-electron chi connectivity index (χ3n) is 0.918. The molecule has 0 saturated heterocycles. The summed E-state index contributed by atoms with van der Waals surface area (Å²) in [6.45, 7) is 1.82. The normalized spacial score (nSPS) is 13.7. The summed E-state index contributed by atoms with van der Waals surface area (Å²) in [5, 5.41) is -2.84. The first kappa shape index (κ1) is 11.2. The SMILES string of the molecule is C=C(C(F)(F)F)C(F)(F)N(F)F. The Morgan fingerprint density at radius 1 is 1.00 bits per heavy atom. The van der Waals surface area contributed by atoms with Crippen LogP contribution in [0.25, 0.3) is 0 Å². The molecule has 0 aromatic heterocycles. The van der Waals surface area contributed by atoms with Gasteiger partial charge in [0.15, 0.2) is 0 Å². The number of rotatable bonds is 2. The lowest BCUT2D eigenvalue weighted by Gasteiger charge is -2.19. The first-order valence-electron chi connectivity index (χ1n) is 2.36. The Hall–Kier alpha value is -0.790. The van der Waals surface area contributed by atoms with Crippen molar-refractivity contribution in [3.05, 3.63) is 12.2 Å². The van der Waals surface area contributed by atoms with Crippen LogP contribution in [0.5, 0.6) is 0 Å². The van der Waals surface area contributed by atoms with Crippen molar-refractivity contribution in [1.82, 2.24) is 5.34 Å². The van der Waals surface area contributed by atoms with Gasteiger partial charge in [-0.3, -0.25) is 0 Å². The smallest absolute Gasteiger partial charge is 0.178 e. The van der Waals surface area contributed by atoms with Crippen molar-refractivity contribution in [3.63, 3.8) is 0 Å². The molecule has 8 heteroatoms. The molecule has 0 radical (unpaired) electrons. The average Bonchev–Trinajstić information content (AvgIpc) is 1.83. The van der Waals surface area contributed by atoms with Gasteiger partial charge in [0, 0.05) is 0 Å². The van der Waals surface area contributed by atoms with E-state index in [-0.39, 0.29) is 0 Å². The molecule has 0 fully saturated rings. The molecule has 12 heavy (non-hydrogen) atoms. The molecule has 0 aliphatic rings. The van der Waals surface area contributed by atoms with Crippen LogP contribution in [0.15, 0.2) is 12.2 Å². The van der Waals surface area contributed by atoms with E-state index in [0.29, 0.717) is 0 Å². The van der Waals surface area contributed by atoms with E-state index in [2.05, 4.69) is 0 Å². The molecule has 0 aliphatic carbocycles. The number of halogens is 7. The van der Waals surface area contributed by atoms with Crippen LogP contribution in [-0.4, -0.2) is 17.6 Å². The van der Waals surface area contributed by atoms with Gasteiger partial charge >= 0.3 is 12.2 Å². The molecule has 0 unspecified atom stereocenters. The van der Waals surface area contributed by atoms with Gasteiger partial charge in [-0.1, -0.05) is 15.5 Å². The van der Waals surface area contributed by atoms with Crippen molar-refractivity contribution < 1.29 is 30.9 Å². The van der Waals surface area contributed by atoms with Crippen LogP contribution in [0.3, 0.4) is 0 Å². The minimum absolute atomic E-state index is 1.82. The van der Waals surface area contributed by atoms with Crippen molar-refractivity contribution >= 4 is 0 Å². The van der Waals surface area contributed by atoms with Crippen LogP contribution in [0.2, 0.25) is 0 Å². The molecule has 72 valence electrons. The van der Waals surface area contributed by atoms with Crippen molar-refractivity contribution in [2.75, 3.05) is 0 Å². The summed E-state index contributed by atoms with van der Waals surface area (Å²) in [6, 6.07) is -5.38. The van der Waals surface area contributed by atoms with Crippen LogP contribution in [0, 0.1) is 0 Å². The molecule has 1 nitrogen and oxygen atoms in total. The van der Waals surface area contributed by atoms with E-state index in [1.807, 2.05) is 6.58 Å². The third kappa shape index (κ3) is 2.10. The lowest BCUT2D eigenvalue weighted by atomic mass is 10.2. The van der Waals surface area contributed by atoms with E-state index in [1.165, 1.54) is 0 Å². The highest BCUT2D eigenvalue weighted by Crippen LogP contribution is 2.38. The van der Waals surface area contributed by atoms with E-state index in [0.717, 1.165) is 0 Å². The van der Waals surface area contributed by atoms with Gasteiger partial charge in [-0.2, -0.15) is 22.0 Å². The van der Waals surface area contributed by atoms with Crippen molar-refractivity contribution in [2.45, 2.75) is 12.2 Å². The van der Waals surface area contributed by atoms with Gasteiger partial charge in [-0.25, -0.2) is 0 Å². The second-order valence-corrected chi connectivity index (χ2v) is 1.75. The van der Waals surface area contributed by atoms with Gasteiger partial charge < -0.3 is 0 Å². The molecule has 0 aliphatic heterocycles. The summed E-state index contributed by atoms with van der Waals surface area (Å²) in [4.78, 5) is 0. The lowest BCUT2D eigenvalue weighted by molar-refractivity contribution is -0.327. The molecular formula is C4H2F7N. The van der Waals surface area contributed by atoms with Gasteiger partial charge in [0.2, 0.25) is 0 Å². The van der Waals surface area contributed by atoms with Gasteiger partial charge in [0.1, 0.15) is 5.57 Å². The Balaban J connectivity index is 4.70. The summed E-state index contributed by atoms with van der Waals surface area (Å²) in [7, 11) is 0. The topological polar surface area (TPSA) is 3.24 Å². The summed E-state index contributed by atoms with van der Waals surface area (Å²) in [6.07, 6.45) is -5.54. The highest BCUT2D eigenvalue weighted by atomic mass is 19.4. The number of alkyl halides is 5. The Labute approximate surface area is 61.9 Å². The molecule has 0 amide bonds. The Bertz CT molecular complexity index is 180. The van der Waals surface area contributed by atoms with Crippen molar-refractivity contribution in [3.8, 4) is 0 Å². The lowest BCUT2D eigenvalue weighted by Crippen LogP contribution is -2.37. The van der Waals surface area contributed by atoms with E-state index >= 15 is 0 Å². The molecule has 0 aromatic carbocycles. The summed E-state index contributed by atoms with van der Waals surface area (Å²) in [5.74, 6) is 0. The molecule has 0 heterocycles. The fraction of sp³-hybridized carbons (Fsp3) is 0.500. The van der Waals surface area contributed by atoms with Crippen LogP contribution < -0.4 is 0 Å². The maximum atomic E-state index is 11.8. The largest absolute Gasteiger partial charge is 0.419 e. The van der Waals surface area contributed by atoms with E-state index in [9.17, 15) is 30.9 Å². The fourth-order valence-corrected chi connectivity index (χ4v) is 0.273. The Morgan fingerprint density at radius 2 is 1.33 bits per heavy atom. The quantitative estimate of drug-likeness (QED) is 0.284. The molecule has 0 aromatic rings. The summed E-state index contributed by atoms with van der Waals surface area (Å²) >= 11 is 0. The standard InChI is InChI=1S/C4H2F7N/c1-2(3(5,6)7)4(8,9)12(10)11/h1H2. The van der Waals surface area contributed by atoms with Crippen LogP contribution in [0.4, 0.5) is 30.9 Å². The fourth-order valence-electron chi connectivity index (χ4n) is 0.273. The minimum Gasteiger partial charge on any atom is -0.178 e. The second kappa shape index (κ2) is 2.92. The minimum atomic E-state index is -5.54. The maximum Gasteiger partial charge on any atom is 0.419 e. The molecular weight excluding hydrogens is 195 g/mol. The zero-order valence-electron chi connectivity index (χ0n) is 5.30.